The Morgan fingerprint density at radius 3 is 1.00 bits per heavy atom. The second-order valence-electron chi connectivity index (χ2n) is 4.01. The van der Waals surface area contributed by atoms with E-state index in [-0.39, 0.29) is 48.7 Å². The molecule has 148 valence electrons. The van der Waals surface area contributed by atoms with E-state index in [2.05, 4.69) is 0 Å². The normalized spacial score (nSPS) is 16.6. The van der Waals surface area contributed by atoms with Crippen LogP contribution in [0.2, 0.25) is 0 Å². The van der Waals surface area contributed by atoms with Gasteiger partial charge in [0, 0.05) is 0 Å². The van der Waals surface area contributed by atoms with Gasteiger partial charge in [-0.25, -0.2) is 0 Å². The van der Waals surface area contributed by atoms with Crippen LogP contribution in [0.1, 0.15) is 0 Å². The van der Waals surface area contributed by atoms with Crippen LogP contribution >= 0.6 is 0 Å². The van der Waals surface area contributed by atoms with Crippen LogP contribution in [-0.2, 0) is 9.59 Å². The molecule has 0 saturated heterocycles. The van der Waals surface area contributed by atoms with Crippen molar-refractivity contribution in [3.05, 3.63) is 0 Å². The minimum absolute atomic E-state index is 0. The predicted octanol–water partition coefficient (Wildman–Crippen LogP) is -10.4. The first-order valence-electron chi connectivity index (χ1n) is 5.73. The summed E-state index contributed by atoms with van der Waals surface area (Å²) in [6.45, 7) is -1.66. The summed E-state index contributed by atoms with van der Waals surface area (Å²) in [7, 11) is 0. The number of carboxylic acids is 2. The van der Waals surface area contributed by atoms with E-state index in [1.165, 1.54) is 0 Å². The molecular formula is C10H22CaO14. The van der Waals surface area contributed by atoms with E-state index in [0.29, 0.717) is 0 Å². The van der Waals surface area contributed by atoms with E-state index in [4.69, 9.17) is 40.9 Å². The third kappa shape index (κ3) is 14.6. The quantitative estimate of drug-likeness (QED) is 0.174. The van der Waals surface area contributed by atoms with Gasteiger partial charge in [0.05, 0.1) is 25.2 Å². The molecule has 0 aromatic rings. The molecule has 0 aliphatic carbocycles. The van der Waals surface area contributed by atoms with Gasteiger partial charge in [0.25, 0.3) is 0 Å². The van der Waals surface area contributed by atoms with Gasteiger partial charge in [-0.2, -0.15) is 0 Å². The molecule has 15 heteroatoms. The molecule has 0 spiro atoms. The number of hydrogen-bond donors (Lipinski definition) is 8. The fourth-order valence-corrected chi connectivity index (χ4v) is 0.916. The Balaban J connectivity index is -0.0000000952. The zero-order valence-corrected chi connectivity index (χ0v) is 15.0. The molecule has 25 heavy (non-hydrogen) atoms. The van der Waals surface area contributed by atoms with E-state index in [9.17, 15) is 19.8 Å². The van der Waals surface area contributed by atoms with Crippen LogP contribution in [0.5, 0.6) is 0 Å². The topological polar surface area (TPSA) is 305 Å². The van der Waals surface area contributed by atoms with Crippen molar-refractivity contribution < 1.29 is 71.6 Å². The average Bonchev–Trinajstić information content (AvgIpc) is 2.50. The van der Waals surface area contributed by atoms with Crippen molar-refractivity contribution in [2.45, 2.75) is 36.6 Å². The predicted molar refractivity (Wildman–Crippen MR) is 73.2 cm³/mol. The summed E-state index contributed by atoms with van der Waals surface area (Å²) in [5.41, 5.74) is 0. The van der Waals surface area contributed by atoms with Crippen LogP contribution in [0, 0.1) is 0 Å². The minimum Gasteiger partial charge on any atom is -0.547 e. The van der Waals surface area contributed by atoms with E-state index < -0.39 is 61.8 Å². The Morgan fingerprint density at radius 2 is 0.880 bits per heavy atom. The van der Waals surface area contributed by atoms with Gasteiger partial charge in [-0.05, 0) is 0 Å². The van der Waals surface area contributed by atoms with Crippen LogP contribution in [0.4, 0.5) is 0 Å². The van der Waals surface area contributed by atoms with E-state index in [1.54, 1.807) is 0 Å². The molecule has 0 bridgehead atoms. The van der Waals surface area contributed by atoms with E-state index in [0.717, 1.165) is 0 Å². The van der Waals surface area contributed by atoms with Crippen molar-refractivity contribution in [1.29, 1.82) is 0 Å². The first-order valence-corrected chi connectivity index (χ1v) is 5.73. The minimum atomic E-state index is -2.18. The van der Waals surface area contributed by atoms with E-state index >= 15 is 0 Å². The van der Waals surface area contributed by atoms with Gasteiger partial charge in [0.1, 0.15) is 36.6 Å². The summed E-state index contributed by atoms with van der Waals surface area (Å²) in [5, 5.41) is 87.7. The van der Waals surface area contributed by atoms with Gasteiger partial charge in [-0.3, -0.25) is 0 Å². The molecule has 0 unspecified atom stereocenters. The first-order chi connectivity index (χ1) is 10.0. The molecule has 14 nitrogen and oxygen atoms in total. The van der Waals surface area contributed by atoms with Gasteiger partial charge in [0.2, 0.25) is 0 Å². The maximum atomic E-state index is 9.85. The Morgan fingerprint density at radius 1 is 0.680 bits per heavy atom. The van der Waals surface area contributed by atoms with Gasteiger partial charge < -0.3 is 71.6 Å². The van der Waals surface area contributed by atoms with Crippen molar-refractivity contribution in [3.63, 3.8) is 0 Å². The molecule has 0 amide bonds. The van der Waals surface area contributed by atoms with Crippen LogP contribution < -0.4 is 10.2 Å². The Bertz CT molecular complexity index is 310. The summed E-state index contributed by atoms with van der Waals surface area (Å²) >= 11 is 0. The molecule has 0 aliphatic heterocycles. The van der Waals surface area contributed by atoms with Crippen molar-refractivity contribution in [2.24, 2.45) is 0 Å². The number of aliphatic hydroxyl groups is 8. The number of carbonyl (C=O) groups excluding carboxylic acids is 2. The number of aliphatic carboxylic acids is 2. The zero-order valence-electron chi connectivity index (χ0n) is 12.8. The number of aliphatic hydroxyl groups excluding tert-OH is 8. The Hall–Kier alpha value is -0.200. The first kappa shape index (κ1) is 35.8. The van der Waals surface area contributed by atoms with E-state index in [1.807, 2.05) is 0 Å². The molecule has 0 aromatic heterocycles. The third-order valence-electron chi connectivity index (χ3n) is 2.29. The Labute approximate surface area is 170 Å². The SMILES string of the molecule is O.O.O=C([O-])[C@H](O)[C@@H](O)[C@H](O)CO.O=C([O-])[C@H](O)[C@@H](O)[C@H](O)CO.[Ca+2]. The van der Waals surface area contributed by atoms with Gasteiger partial charge in [0.15, 0.2) is 0 Å². The standard InChI is InChI=1S/2C5H10O6.Ca.2H2O/c2*6-1-2(7)3(8)4(9)5(10)11;;;/h2*2-4,6-9H,1H2,(H,10,11);;2*1H2/q;;+2;;/p-2/t2*2-,3+,4-;;;/m11.../s1. The van der Waals surface area contributed by atoms with Crippen molar-refractivity contribution in [1.82, 2.24) is 0 Å². The smallest absolute Gasteiger partial charge is 0.547 e. The summed E-state index contributed by atoms with van der Waals surface area (Å²) in [6.07, 6.45) is -11.6. The largest absolute Gasteiger partial charge is 2.00 e. The van der Waals surface area contributed by atoms with Crippen LogP contribution in [0.3, 0.4) is 0 Å². The molecule has 0 aromatic carbocycles. The fourth-order valence-electron chi connectivity index (χ4n) is 0.916. The van der Waals surface area contributed by atoms with Crippen LogP contribution in [0.15, 0.2) is 0 Å². The number of hydrogen-bond acceptors (Lipinski definition) is 12. The monoisotopic (exact) mass is 406 g/mol. The molecule has 0 saturated carbocycles. The number of rotatable bonds is 8. The summed E-state index contributed by atoms with van der Waals surface area (Å²) < 4.78 is 0. The maximum Gasteiger partial charge on any atom is 2.00 e. The molecule has 0 aliphatic rings. The Kier molecular flexibility index (Phi) is 26.6. The van der Waals surface area contributed by atoms with Gasteiger partial charge >= 0.3 is 37.7 Å². The van der Waals surface area contributed by atoms with Crippen molar-refractivity contribution in [2.75, 3.05) is 13.2 Å². The second kappa shape index (κ2) is 18.6. The summed E-state index contributed by atoms with van der Waals surface area (Å²) in [6, 6.07) is 0. The van der Waals surface area contributed by atoms with Crippen LogP contribution in [0.25, 0.3) is 0 Å². The number of carboxylic acid groups (broad SMARTS) is 2. The maximum absolute atomic E-state index is 9.85. The number of carbonyl (C=O) groups is 2. The average molecular weight is 406 g/mol. The zero-order chi connectivity index (χ0) is 18.0. The van der Waals surface area contributed by atoms with Gasteiger partial charge in [-0.15, -0.1) is 0 Å². The van der Waals surface area contributed by atoms with Crippen LogP contribution in [-0.4, -0.2) is 151 Å². The molecule has 0 rings (SSSR count). The van der Waals surface area contributed by atoms with Crippen molar-refractivity contribution in [3.8, 4) is 0 Å². The molecule has 6 atom stereocenters. The molecule has 0 fully saturated rings. The summed E-state index contributed by atoms with van der Waals surface area (Å²) in [5.74, 6) is -3.80. The fraction of sp³-hybridized carbons (Fsp3) is 0.800. The molecule has 0 heterocycles. The third-order valence-corrected chi connectivity index (χ3v) is 2.29. The molecule has 0 radical (unpaired) electrons. The second-order valence-corrected chi connectivity index (χ2v) is 4.01. The molecular weight excluding hydrogens is 384 g/mol. The summed E-state index contributed by atoms with van der Waals surface area (Å²) in [4.78, 5) is 19.7. The van der Waals surface area contributed by atoms with Gasteiger partial charge in [-0.1, -0.05) is 0 Å². The van der Waals surface area contributed by atoms with Crippen molar-refractivity contribution >= 4 is 49.7 Å². The molecule has 12 N–H and O–H groups in total.